The standard InChI is InChI=1S/C16H18BrN5O8/c1-5(23)27-4-8-10(28-6(2)24)11(29-7(3)25)14(30-8)22-13-9(19-15(22)17)12(18)20-16(26)21-13/h8,10-11,14H,4H2,1-3H3,(H3,18,20,21,26)/t8-,10-,11-,14-/m1/s1. The minimum atomic E-state index is -1.16. The second kappa shape index (κ2) is 8.39. The highest BCUT2D eigenvalue weighted by atomic mass is 79.9. The van der Waals surface area contributed by atoms with Crippen LogP contribution in [0.15, 0.2) is 9.53 Å². The zero-order valence-corrected chi connectivity index (χ0v) is 17.7. The average molecular weight is 488 g/mol. The molecule has 0 unspecified atom stereocenters. The number of nitrogens with zero attached hydrogens (tertiary/aromatic N) is 3. The average Bonchev–Trinajstić information content (AvgIpc) is 3.10. The van der Waals surface area contributed by atoms with E-state index < -0.39 is 48.1 Å². The van der Waals surface area contributed by atoms with E-state index >= 15 is 0 Å². The van der Waals surface area contributed by atoms with Crippen LogP contribution in [0.1, 0.15) is 27.0 Å². The molecule has 3 rings (SSSR count). The van der Waals surface area contributed by atoms with E-state index in [0.29, 0.717) is 0 Å². The number of nitrogens with two attached hydrogens (primary N) is 1. The van der Waals surface area contributed by atoms with Crippen molar-refractivity contribution in [3.63, 3.8) is 0 Å². The van der Waals surface area contributed by atoms with Gasteiger partial charge in [-0.15, -0.1) is 0 Å². The quantitative estimate of drug-likeness (QED) is 0.323. The molecule has 0 spiro atoms. The number of imidazole rings is 1. The summed E-state index contributed by atoms with van der Waals surface area (Å²) in [7, 11) is 0. The van der Waals surface area contributed by atoms with Crippen LogP contribution in [0.2, 0.25) is 0 Å². The van der Waals surface area contributed by atoms with Gasteiger partial charge in [-0.25, -0.2) is 9.78 Å². The zero-order chi connectivity index (χ0) is 22.2. The van der Waals surface area contributed by atoms with Gasteiger partial charge in [-0.1, -0.05) is 0 Å². The molecule has 2 aromatic heterocycles. The lowest BCUT2D eigenvalue weighted by Gasteiger charge is -2.24. The second-order valence-electron chi connectivity index (χ2n) is 6.39. The van der Waals surface area contributed by atoms with Crippen molar-refractivity contribution < 1.29 is 33.3 Å². The molecule has 0 saturated carbocycles. The third-order valence-electron chi connectivity index (χ3n) is 4.14. The Morgan fingerprint density at radius 3 is 2.37 bits per heavy atom. The largest absolute Gasteiger partial charge is 0.463 e. The summed E-state index contributed by atoms with van der Waals surface area (Å²) in [5, 5.41) is 0. The van der Waals surface area contributed by atoms with Crippen LogP contribution in [-0.4, -0.2) is 62.3 Å². The number of aromatic amines is 1. The first-order valence-electron chi connectivity index (χ1n) is 8.65. The molecule has 3 N–H and O–H groups in total. The van der Waals surface area contributed by atoms with Gasteiger partial charge in [0.2, 0.25) is 0 Å². The van der Waals surface area contributed by atoms with E-state index in [1.165, 1.54) is 25.3 Å². The second-order valence-corrected chi connectivity index (χ2v) is 7.10. The number of rotatable bonds is 5. The van der Waals surface area contributed by atoms with Crippen molar-refractivity contribution in [1.82, 2.24) is 19.5 Å². The molecule has 4 atom stereocenters. The van der Waals surface area contributed by atoms with Crippen molar-refractivity contribution >= 4 is 50.8 Å². The predicted octanol–water partition coefficient (Wildman–Crippen LogP) is -0.212. The molecule has 0 bridgehead atoms. The van der Waals surface area contributed by atoms with Crippen LogP contribution in [0.25, 0.3) is 11.2 Å². The molecule has 1 aliphatic heterocycles. The monoisotopic (exact) mass is 487 g/mol. The Hall–Kier alpha value is -3.00. The van der Waals surface area contributed by atoms with Gasteiger partial charge in [0.15, 0.2) is 28.8 Å². The third-order valence-corrected chi connectivity index (χ3v) is 4.70. The van der Waals surface area contributed by atoms with E-state index in [9.17, 15) is 19.2 Å². The van der Waals surface area contributed by atoms with Crippen LogP contribution in [0.5, 0.6) is 0 Å². The van der Waals surface area contributed by atoms with Crippen LogP contribution in [0, 0.1) is 0 Å². The molecular weight excluding hydrogens is 470 g/mol. The van der Waals surface area contributed by atoms with Crippen molar-refractivity contribution in [3.8, 4) is 0 Å². The number of nitrogens with one attached hydrogen (secondary N) is 1. The summed E-state index contributed by atoms with van der Waals surface area (Å²) in [4.78, 5) is 56.9. The number of ether oxygens (including phenoxy) is 4. The topological polar surface area (TPSA) is 178 Å². The summed E-state index contributed by atoms with van der Waals surface area (Å²) in [6, 6.07) is 0. The summed E-state index contributed by atoms with van der Waals surface area (Å²) < 4.78 is 23.1. The van der Waals surface area contributed by atoms with E-state index in [4.69, 9.17) is 24.7 Å². The predicted molar refractivity (Wildman–Crippen MR) is 102 cm³/mol. The zero-order valence-electron chi connectivity index (χ0n) is 16.1. The number of carbonyl (C=O) groups is 3. The molecule has 30 heavy (non-hydrogen) atoms. The van der Waals surface area contributed by atoms with Gasteiger partial charge in [-0.05, 0) is 15.9 Å². The third kappa shape index (κ3) is 4.28. The van der Waals surface area contributed by atoms with Crippen molar-refractivity contribution in [2.75, 3.05) is 12.3 Å². The Kier molecular flexibility index (Phi) is 6.07. The number of H-pyrrole nitrogens is 1. The Morgan fingerprint density at radius 1 is 1.13 bits per heavy atom. The lowest BCUT2D eigenvalue weighted by atomic mass is 10.1. The minimum absolute atomic E-state index is 0.0283. The molecule has 14 heteroatoms. The van der Waals surface area contributed by atoms with Crippen LogP contribution < -0.4 is 11.4 Å². The summed E-state index contributed by atoms with van der Waals surface area (Å²) in [5.41, 5.74) is 5.28. The van der Waals surface area contributed by atoms with Crippen LogP contribution in [0.3, 0.4) is 0 Å². The molecule has 1 fully saturated rings. The fourth-order valence-electron chi connectivity index (χ4n) is 3.11. The maximum Gasteiger partial charge on any atom is 0.348 e. The number of halogens is 1. The van der Waals surface area contributed by atoms with Crippen LogP contribution in [0.4, 0.5) is 5.82 Å². The highest BCUT2D eigenvalue weighted by molar-refractivity contribution is 9.10. The van der Waals surface area contributed by atoms with Gasteiger partial charge in [0.05, 0.1) is 0 Å². The molecule has 0 aromatic carbocycles. The van der Waals surface area contributed by atoms with Crippen molar-refractivity contribution in [3.05, 3.63) is 15.2 Å². The van der Waals surface area contributed by atoms with Crippen molar-refractivity contribution in [1.29, 1.82) is 0 Å². The maximum absolute atomic E-state index is 11.8. The number of aromatic nitrogens is 4. The van der Waals surface area contributed by atoms with E-state index in [1.807, 2.05) is 0 Å². The number of fused-ring (bicyclic) bond motifs is 1. The van der Waals surface area contributed by atoms with Gasteiger partial charge in [-0.2, -0.15) is 4.98 Å². The Labute approximate surface area is 177 Å². The number of hydrogen-bond donors (Lipinski definition) is 2. The molecular formula is C16H18BrN5O8. The van der Waals surface area contributed by atoms with Gasteiger partial charge < -0.3 is 24.7 Å². The summed E-state index contributed by atoms with van der Waals surface area (Å²) in [6.45, 7) is 3.27. The smallest absolute Gasteiger partial charge is 0.348 e. The van der Waals surface area contributed by atoms with Gasteiger partial charge >= 0.3 is 23.6 Å². The number of anilines is 1. The Morgan fingerprint density at radius 2 is 1.77 bits per heavy atom. The minimum Gasteiger partial charge on any atom is -0.463 e. The summed E-state index contributed by atoms with van der Waals surface area (Å²) >= 11 is 3.25. The normalized spacial score (nSPS) is 23.3. The lowest BCUT2D eigenvalue weighted by Crippen LogP contribution is -2.40. The summed E-state index contributed by atoms with van der Waals surface area (Å²) in [6.07, 6.45) is -4.38. The Balaban J connectivity index is 2.11. The molecule has 3 heterocycles. The number of carbonyl (C=O) groups excluding carboxylic acids is 3. The molecule has 13 nitrogen and oxygen atoms in total. The van der Waals surface area contributed by atoms with Crippen molar-refractivity contribution in [2.24, 2.45) is 0 Å². The van der Waals surface area contributed by atoms with Crippen LogP contribution >= 0.6 is 15.9 Å². The molecule has 2 aromatic rings. The first-order chi connectivity index (χ1) is 14.1. The lowest BCUT2D eigenvalue weighted by molar-refractivity contribution is -0.166. The molecule has 1 saturated heterocycles. The van der Waals surface area contributed by atoms with Crippen molar-refractivity contribution in [2.45, 2.75) is 45.3 Å². The van der Waals surface area contributed by atoms with E-state index in [-0.39, 0.29) is 28.3 Å². The van der Waals surface area contributed by atoms with Gasteiger partial charge in [0, 0.05) is 20.8 Å². The number of nitrogen functional groups attached to an aromatic ring is 1. The molecule has 162 valence electrons. The van der Waals surface area contributed by atoms with E-state index in [2.05, 4.69) is 30.9 Å². The molecule has 1 aliphatic rings. The first kappa shape index (κ1) is 21.7. The molecule has 0 radical (unpaired) electrons. The maximum atomic E-state index is 11.8. The van der Waals surface area contributed by atoms with Gasteiger partial charge in [0.1, 0.15) is 24.0 Å². The highest BCUT2D eigenvalue weighted by Gasteiger charge is 2.51. The molecule has 0 aliphatic carbocycles. The van der Waals surface area contributed by atoms with E-state index in [1.54, 1.807) is 0 Å². The Bertz CT molecular complexity index is 1070. The number of hydrogen-bond acceptors (Lipinski definition) is 11. The fraction of sp³-hybridized carbons (Fsp3) is 0.500. The number of esters is 3. The summed E-state index contributed by atoms with van der Waals surface area (Å²) in [5.74, 6) is -1.95. The van der Waals surface area contributed by atoms with Gasteiger partial charge in [0.25, 0.3) is 0 Å². The highest BCUT2D eigenvalue weighted by Crippen LogP contribution is 2.38. The van der Waals surface area contributed by atoms with E-state index in [0.717, 1.165) is 0 Å². The van der Waals surface area contributed by atoms with Crippen LogP contribution in [-0.2, 0) is 33.3 Å². The van der Waals surface area contributed by atoms with Gasteiger partial charge in [-0.3, -0.25) is 23.9 Å². The fourth-order valence-corrected chi connectivity index (χ4v) is 3.66. The molecule has 0 amide bonds. The first-order valence-corrected chi connectivity index (χ1v) is 9.44. The SMILES string of the molecule is CC(=O)OC[C@H]1O[C@@H](n2c(Br)nc3c(N)[nH]c(=O)nc32)[C@H](OC(C)=O)[C@@H]1OC(C)=O.